The molecule has 2 saturated heterocycles. The highest BCUT2D eigenvalue weighted by atomic mass is 35.5. The lowest BCUT2D eigenvalue weighted by Gasteiger charge is -2.38. The van der Waals surface area contributed by atoms with Crippen molar-refractivity contribution in [3.05, 3.63) is 54.1 Å². The number of benzene rings is 1. The highest BCUT2D eigenvalue weighted by molar-refractivity contribution is 6.07. The molecule has 0 bridgehead atoms. The Kier molecular flexibility index (Phi) is 8.29. The van der Waals surface area contributed by atoms with Gasteiger partial charge in [0, 0.05) is 19.3 Å². The fourth-order valence-electron chi connectivity index (χ4n) is 4.37. The minimum Gasteiger partial charge on any atom is -0.333 e. The van der Waals surface area contributed by atoms with E-state index in [1.165, 1.54) is 10.5 Å². The van der Waals surface area contributed by atoms with Gasteiger partial charge >= 0.3 is 6.03 Å². The van der Waals surface area contributed by atoms with E-state index in [-0.39, 0.29) is 43.3 Å². The number of hydrogen-bond donors (Lipinski definition) is 1. The van der Waals surface area contributed by atoms with Crippen molar-refractivity contribution in [1.29, 1.82) is 0 Å². The summed E-state index contributed by atoms with van der Waals surface area (Å²) in [6, 6.07) is 9.95. The summed E-state index contributed by atoms with van der Waals surface area (Å²) in [5, 5.41) is 3.32. The van der Waals surface area contributed by atoms with E-state index in [1.807, 2.05) is 34.6 Å². The van der Waals surface area contributed by atoms with Crippen molar-refractivity contribution in [3.8, 4) is 0 Å². The maximum atomic E-state index is 13.4. The van der Waals surface area contributed by atoms with Gasteiger partial charge in [0.2, 0.25) is 0 Å². The number of carbonyl (C=O) groups excluding carboxylic acids is 2. The number of imidazole rings is 1. The molecule has 7 nitrogen and oxygen atoms in total. The zero-order valence-electron chi connectivity index (χ0n) is 17.1. The lowest BCUT2D eigenvalue weighted by molar-refractivity contribution is -0.135. The summed E-state index contributed by atoms with van der Waals surface area (Å²) in [7, 11) is 0. The molecular formula is C21H29Cl2N5O2. The molecule has 2 aliphatic heterocycles. The molecule has 1 aromatic heterocycles. The summed E-state index contributed by atoms with van der Waals surface area (Å²) in [5.74, 6) is -0.0593. The molecule has 30 heavy (non-hydrogen) atoms. The van der Waals surface area contributed by atoms with Gasteiger partial charge in [0.1, 0.15) is 5.54 Å². The average Bonchev–Trinajstić information content (AvgIpc) is 3.26. The fraction of sp³-hybridized carbons (Fsp3) is 0.476. The number of rotatable bonds is 6. The second kappa shape index (κ2) is 10.3. The Morgan fingerprint density at radius 1 is 1.10 bits per heavy atom. The number of halogens is 2. The van der Waals surface area contributed by atoms with Gasteiger partial charge in [0.05, 0.1) is 18.6 Å². The Morgan fingerprint density at radius 2 is 1.80 bits per heavy atom. The first-order chi connectivity index (χ1) is 13.7. The Labute approximate surface area is 189 Å². The van der Waals surface area contributed by atoms with Gasteiger partial charge in [-0.1, -0.05) is 30.3 Å². The van der Waals surface area contributed by atoms with E-state index < -0.39 is 5.54 Å². The molecule has 4 rings (SSSR count). The molecule has 0 unspecified atom stereocenters. The van der Waals surface area contributed by atoms with Gasteiger partial charge in [-0.05, 0) is 44.8 Å². The van der Waals surface area contributed by atoms with Crippen molar-refractivity contribution in [2.45, 2.75) is 44.8 Å². The van der Waals surface area contributed by atoms with Crippen LogP contribution in [0.3, 0.4) is 0 Å². The molecule has 164 valence electrons. The third-order valence-corrected chi connectivity index (χ3v) is 5.98. The van der Waals surface area contributed by atoms with Crippen molar-refractivity contribution < 1.29 is 9.59 Å². The van der Waals surface area contributed by atoms with Crippen LogP contribution >= 0.6 is 24.8 Å². The molecule has 9 heteroatoms. The normalized spacial score (nSPS) is 17.8. The van der Waals surface area contributed by atoms with Crippen molar-refractivity contribution >= 4 is 36.8 Å². The SMILES string of the molecule is CCn1cncc1CN1C(=O)N(CCc2ccccc2)C2(CCNCC2)C1=O.Cl.Cl. The molecule has 2 fully saturated rings. The van der Waals surface area contributed by atoms with Crippen molar-refractivity contribution in [1.82, 2.24) is 24.7 Å². The number of hydrogen-bond acceptors (Lipinski definition) is 4. The Balaban J connectivity index is 0.00000160. The second-order valence-corrected chi connectivity index (χ2v) is 7.51. The molecule has 3 heterocycles. The van der Waals surface area contributed by atoms with Crippen LogP contribution in [0.2, 0.25) is 0 Å². The number of carbonyl (C=O) groups is 2. The summed E-state index contributed by atoms with van der Waals surface area (Å²) < 4.78 is 1.97. The van der Waals surface area contributed by atoms with Crippen LogP contribution in [0.1, 0.15) is 31.0 Å². The monoisotopic (exact) mass is 453 g/mol. The van der Waals surface area contributed by atoms with Gasteiger partial charge in [-0.2, -0.15) is 0 Å². The van der Waals surface area contributed by atoms with Crippen LogP contribution in [-0.2, 0) is 24.3 Å². The smallest absolute Gasteiger partial charge is 0.328 e. The topological polar surface area (TPSA) is 70.5 Å². The highest BCUT2D eigenvalue weighted by Gasteiger charge is 2.56. The van der Waals surface area contributed by atoms with Gasteiger partial charge in [-0.3, -0.25) is 9.69 Å². The molecule has 1 N–H and O–H groups in total. The van der Waals surface area contributed by atoms with Crippen LogP contribution in [0.25, 0.3) is 0 Å². The van der Waals surface area contributed by atoms with Crippen LogP contribution in [0.15, 0.2) is 42.9 Å². The summed E-state index contributed by atoms with van der Waals surface area (Å²) in [6.07, 6.45) is 5.56. The van der Waals surface area contributed by atoms with Crippen molar-refractivity contribution in [3.63, 3.8) is 0 Å². The minimum absolute atomic E-state index is 0. The van der Waals surface area contributed by atoms with Crippen molar-refractivity contribution in [2.75, 3.05) is 19.6 Å². The second-order valence-electron chi connectivity index (χ2n) is 7.51. The predicted octanol–water partition coefficient (Wildman–Crippen LogP) is 2.88. The first kappa shape index (κ1) is 24.2. The molecule has 2 aliphatic rings. The van der Waals surface area contributed by atoms with E-state index in [9.17, 15) is 9.59 Å². The quantitative estimate of drug-likeness (QED) is 0.682. The number of aromatic nitrogens is 2. The molecule has 0 atom stereocenters. The predicted molar refractivity (Wildman–Crippen MR) is 120 cm³/mol. The largest absolute Gasteiger partial charge is 0.333 e. The minimum atomic E-state index is -0.714. The van der Waals surface area contributed by atoms with E-state index >= 15 is 0 Å². The molecule has 0 aliphatic carbocycles. The van der Waals surface area contributed by atoms with E-state index in [0.717, 1.165) is 31.7 Å². The van der Waals surface area contributed by atoms with Crippen LogP contribution in [0.5, 0.6) is 0 Å². The number of nitrogens with one attached hydrogen (secondary N) is 1. The number of imide groups is 1. The van der Waals surface area contributed by atoms with Crippen LogP contribution in [-0.4, -0.2) is 56.5 Å². The van der Waals surface area contributed by atoms with Gasteiger partial charge in [0.15, 0.2) is 0 Å². The lowest BCUT2D eigenvalue weighted by atomic mass is 9.86. The van der Waals surface area contributed by atoms with E-state index in [1.54, 1.807) is 12.5 Å². The average molecular weight is 454 g/mol. The van der Waals surface area contributed by atoms with Gasteiger partial charge in [-0.25, -0.2) is 9.78 Å². The highest BCUT2D eigenvalue weighted by Crippen LogP contribution is 2.36. The van der Waals surface area contributed by atoms with Gasteiger partial charge < -0.3 is 14.8 Å². The molecule has 3 amide bonds. The molecule has 0 radical (unpaired) electrons. The number of piperidine rings is 1. The Morgan fingerprint density at radius 3 is 2.47 bits per heavy atom. The number of amides is 3. The zero-order valence-corrected chi connectivity index (χ0v) is 18.8. The van der Waals surface area contributed by atoms with E-state index in [2.05, 4.69) is 22.4 Å². The van der Waals surface area contributed by atoms with E-state index in [0.29, 0.717) is 19.4 Å². The zero-order chi connectivity index (χ0) is 19.6. The molecule has 0 saturated carbocycles. The molecule has 1 aromatic carbocycles. The van der Waals surface area contributed by atoms with Crippen LogP contribution < -0.4 is 5.32 Å². The van der Waals surface area contributed by atoms with Crippen LogP contribution in [0.4, 0.5) is 4.79 Å². The lowest BCUT2D eigenvalue weighted by Crippen LogP contribution is -2.56. The number of aryl methyl sites for hydroxylation is 1. The maximum Gasteiger partial charge on any atom is 0.328 e. The Bertz CT molecular complexity index is 852. The number of nitrogens with zero attached hydrogens (tertiary/aromatic N) is 4. The van der Waals surface area contributed by atoms with Gasteiger partial charge in [0.25, 0.3) is 5.91 Å². The molecular weight excluding hydrogens is 425 g/mol. The van der Waals surface area contributed by atoms with E-state index in [4.69, 9.17) is 0 Å². The molecule has 2 aromatic rings. The maximum absolute atomic E-state index is 13.4. The first-order valence-corrected chi connectivity index (χ1v) is 10.0. The van der Waals surface area contributed by atoms with Crippen molar-refractivity contribution in [2.24, 2.45) is 0 Å². The third-order valence-electron chi connectivity index (χ3n) is 5.98. The molecule has 1 spiro atoms. The fourth-order valence-corrected chi connectivity index (χ4v) is 4.37. The van der Waals surface area contributed by atoms with Crippen LogP contribution in [0, 0.1) is 0 Å². The first-order valence-electron chi connectivity index (χ1n) is 10.0. The Hall–Kier alpha value is -2.09. The summed E-state index contributed by atoms with van der Waals surface area (Å²) >= 11 is 0. The summed E-state index contributed by atoms with van der Waals surface area (Å²) in [4.78, 5) is 34.2. The summed E-state index contributed by atoms with van der Waals surface area (Å²) in [5.41, 5.74) is 1.35. The standard InChI is InChI=1S/C21H27N5O2.2ClH/c1-2-24-16-23-14-18(24)15-25-19(27)21(9-11-22-12-10-21)26(20(25)28)13-8-17-6-4-3-5-7-17;;/h3-7,14,16,22H,2,8-13,15H2,1H3;2*1H. The summed E-state index contributed by atoms with van der Waals surface area (Å²) in [6.45, 7) is 5.13. The van der Waals surface area contributed by atoms with Gasteiger partial charge in [-0.15, -0.1) is 24.8 Å². The third kappa shape index (κ3) is 4.33. The number of urea groups is 1.